The molecule has 0 bridgehead atoms. The van der Waals surface area contributed by atoms with Gasteiger partial charge in [-0.3, -0.25) is 0 Å². The van der Waals surface area contributed by atoms with Crippen LogP contribution in [0, 0.1) is 5.82 Å². The van der Waals surface area contributed by atoms with E-state index in [1.165, 1.54) is 6.07 Å². The van der Waals surface area contributed by atoms with Crippen LogP contribution in [0.1, 0.15) is 18.9 Å². The third-order valence-corrected chi connectivity index (χ3v) is 3.10. The molecule has 0 spiro atoms. The van der Waals surface area contributed by atoms with Crippen molar-refractivity contribution in [1.82, 2.24) is 5.32 Å². The Bertz CT molecular complexity index is 407. The summed E-state index contributed by atoms with van der Waals surface area (Å²) >= 11 is 3.35. The number of allylic oxidation sites excluding steroid dienone is 1. The molecule has 0 unspecified atom stereocenters. The van der Waals surface area contributed by atoms with E-state index in [-0.39, 0.29) is 5.82 Å². The van der Waals surface area contributed by atoms with Crippen LogP contribution in [-0.4, -0.2) is 26.8 Å². The van der Waals surface area contributed by atoms with E-state index in [1.54, 1.807) is 19.2 Å². The Balaban J connectivity index is 2.47. The van der Waals surface area contributed by atoms with Crippen LogP contribution < -0.4 is 5.32 Å². The van der Waals surface area contributed by atoms with Gasteiger partial charge in [-0.2, -0.15) is 0 Å². The molecular weight excluding hydrogens is 297 g/mol. The molecule has 0 radical (unpaired) electrons. The largest absolute Gasteiger partial charge is 0.383 e. The van der Waals surface area contributed by atoms with Crippen molar-refractivity contribution < 1.29 is 9.13 Å². The number of ether oxygens (including phenoxy) is 1. The Morgan fingerprint density at radius 3 is 2.94 bits per heavy atom. The molecule has 1 aromatic carbocycles. The molecule has 0 aliphatic carbocycles. The lowest BCUT2D eigenvalue weighted by molar-refractivity contribution is 0.199. The average molecular weight is 316 g/mol. The van der Waals surface area contributed by atoms with Crippen LogP contribution in [0.4, 0.5) is 4.39 Å². The maximum absolute atomic E-state index is 13.6. The predicted molar refractivity (Wildman–Crippen MR) is 77.1 cm³/mol. The molecule has 1 rings (SSSR count). The Morgan fingerprint density at radius 1 is 1.44 bits per heavy atom. The fourth-order valence-corrected chi connectivity index (χ4v) is 1.96. The lowest BCUT2D eigenvalue weighted by Crippen LogP contribution is -2.19. The highest BCUT2D eigenvalue weighted by molar-refractivity contribution is 9.10. The van der Waals surface area contributed by atoms with Crippen LogP contribution in [0.2, 0.25) is 0 Å². The summed E-state index contributed by atoms with van der Waals surface area (Å²) in [7, 11) is 1.68. The van der Waals surface area contributed by atoms with E-state index in [9.17, 15) is 4.39 Å². The van der Waals surface area contributed by atoms with Crippen molar-refractivity contribution >= 4 is 21.5 Å². The molecule has 0 aromatic heterocycles. The molecule has 1 N–H and O–H groups in total. The molecular formula is C14H19BrFNO. The highest BCUT2D eigenvalue weighted by atomic mass is 79.9. The highest BCUT2D eigenvalue weighted by Gasteiger charge is 2.04. The molecule has 0 heterocycles. The van der Waals surface area contributed by atoms with Crippen LogP contribution >= 0.6 is 15.9 Å². The van der Waals surface area contributed by atoms with Gasteiger partial charge in [0, 0.05) is 23.7 Å². The molecule has 18 heavy (non-hydrogen) atoms. The lowest BCUT2D eigenvalue weighted by Gasteiger charge is -2.05. The Hall–Kier alpha value is -0.710. The van der Waals surface area contributed by atoms with Crippen LogP contribution in [0.3, 0.4) is 0 Å². The molecule has 0 amide bonds. The van der Waals surface area contributed by atoms with Crippen LogP contribution in [-0.2, 0) is 4.74 Å². The topological polar surface area (TPSA) is 21.3 Å². The summed E-state index contributed by atoms with van der Waals surface area (Å²) < 4.78 is 19.4. The summed E-state index contributed by atoms with van der Waals surface area (Å²) in [6, 6.07) is 4.99. The van der Waals surface area contributed by atoms with Crippen LogP contribution in [0.5, 0.6) is 0 Å². The third-order valence-electron chi connectivity index (χ3n) is 2.61. The van der Waals surface area contributed by atoms with Crippen molar-refractivity contribution in [1.29, 1.82) is 0 Å². The predicted octanol–water partition coefficient (Wildman–Crippen LogP) is 3.62. The summed E-state index contributed by atoms with van der Waals surface area (Å²) in [4.78, 5) is 0. The average Bonchev–Trinajstić information content (AvgIpc) is 2.36. The van der Waals surface area contributed by atoms with Gasteiger partial charge >= 0.3 is 0 Å². The molecule has 0 saturated carbocycles. The fourth-order valence-electron chi connectivity index (χ4n) is 1.60. The van der Waals surface area contributed by atoms with Crippen molar-refractivity contribution in [3.8, 4) is 0 Å². The van der Waals surface area contributed by atoms with Crippen molar-refractivity contribution in [2.75, 3.05) is 26.8 Å². The Labute approximate surface area is 116 Å². The number of rotatable bonds is 7. The maximum atomic E-state index is 13.6. The summed E-state index contributed by atoms with van der Waals surface area (Å²) in [5, 5.41) is 3.25. The summed E-state index contributed by atoms with van der Waals surface area (Å²) in [5.74, 6) is -0.181. The molecule has 0 aliphatic heterocycles. The van der Waals surface area contributed by atoms with E-state index in [0.717, 1.165) is 29.6 Å². The van der Waals surface area contributed by atoms with Gasteiger partial charge < -0.3 is 10.1 Å². The molecule has 0 atom stereocenters. The maximum Gasteiger partial charge on any atom is 0.130 e. The second kappa shape index (κ2) is 8.40. The van der Waals surface area contributed by atoms with Crippen LogP contribution in [0.25, 0.3) is 5.57 Å². The number of nitrogens with one attached hydrogen (secondary N) is 1. The highest BCUT2D eigenvalue weighted by Crippen LogP contribution is 2.22. The standard InChI is InChI=1S/C14H19BrFNO/c1-11(4-3-7-17-8-9-18-2)13-10-12(15)5-6-14(13)16/h4-6,10,17H,3,7-9H2,1-2H3. The lowest BCUT2D eigenvalue weighted by atomic mass is 10.1. The van der Waals surface area contributed by atoms with Gasteiger partial charge in [0.1, 0.15) is 5.82 Å². The molecule has 0 aliphatic rings. The van der Waals surface area contributed by atoms with Crippen molar-refractivity contribution in [3.05, 3.63) is 40.1 Å². The van der Waals surface area contributed by atoms with E-state index < -0.39 is 0 Å². The fraction of sp³-hybridized carbons (Fsp3) is 0.429. The zero-order valence-electron chi connectivity index (χ0n) is 10.8. The number of benzene rings is 1. The summed E-state index contributed by atoms with van der Waals surface area (Å²) in [6.45, 7) is 4.36. The molecule has 0 fully saturated rings. The summed E-state index contributed by atoms with van der Waals surface area (Å²) in [5.41, 5.74) is 1.61. The quantitative estimate of drug-likeness (QED) is 0.776. The number of methoxy groups -OCH3 is 1. The Morgan fingerprint density at radius 2 is 2.22 bits per heavy atom. The van der Waals surface area contributed by atoms with Gasteiger partial charge in [-0.15, -0.1) is 0 Å². The van der Waals surface area contributed by atoms with E-state index >= 15 is 0 Å². The van der Waals surface area contributed by atoms with Gasteiger partial charge in [0.05, 0.1) is 6.61 Å². The normalized spacial score (nSPS) is 11.9. The number of halogens is 2. The van der Waals surface area contributed by atoms with E-state index in [1.807, 2.05) is 13.0 Å². The van der Waals surface area contributed by atoms with Gasteiger partial charge in [-0.1, -0.05) is 22.0 Å². The van der Waals surface area contributed by atoms with Crippen molar-refractivity contribution in [3.63, 3.8) is 0 Å². The Kier molecular flexibility index (Phi) is 7.16. The van der Waals surface area contributed by atoms with Gasteiger partial charge in [0.15, 0.2) is 0 Å². The molecule has 2 nitrogen and oxygen atoms in total. The van der Waals surface area contributed by atoms with Crippen LogP contribution in [0.15, 0.2) is 28.7 Å². The van der Waals surface area contributed by atoms with Crippen molar-refractivity contribution in [2.24, 2.45) is 0 Å². The molecule has 1 aromatic rings. The van der Waals surface area contributed by atoms with E-state index in [2.05, 4.69) is 21.2 Å². The zero-order chi connectivity index (χ0) is 13.4. The third kappa shape index (κ3) is 5.29. The van der Waals surface area contributed by atoms with Gasteiger partial charge in [0.25, 0.3) is 0 Å². The van der Waals surface area contributed by atoms with Gasteiger partial charge in [0.2, 0.25) is 0 Å². The van der Waals surface area contributed by atoms with Crippen molar-refractivity contribution in [2.45, 2.75) is 13.3 Å². The minimum atomic E-state index is -0.181. The first-order chi connectivity index (χ1) is 8.65. The SMILES string of the molecule is COCCNCCC=C(C)c1cc(Br)ccc1F. The van der Waals surface area contributed by atoms with Gasteiger partial charge in [-0.25, -0.2) is 4.39 Å². The smallest absolute Gasteiger partial charge is 0.130 e. The minimum Gasteiger partial charge on any atom is -0.383 e. The second-order valence-electron chi connectivity index (χ2n) is 4.04. The molecule has 4 heteroatoms. The van der Waals surface area contributed by atoms with Gasteiger partial charge in [-0.05, 0) is 43.7 Å². The minimum absolute atomic E-state index is 0.181. The number of hydrogen-bond donors (Lipinski definition) is 1. The first kappa shape index (κ1) is 15.3. The van der Waals surface area contributed by atoms with E-state index in [4.69, 9.17) is 4.74 Å². The monoisotopic (exact) mass is 315 g/mol. The first-order valence-corrected chi connectivity index (χ1v) is 6.76. The van der Waals surface area contributed by atoms with E-state index in [0.29, 0.717) is 12.2 Å². The second-order valence-corrected chi connectivity index (χ2v) is 4.96. The molecule has 100 valence electrons. The number of hydrogen-bond acceptors (Lipinski definition) is 2. The zero-order valence-corrected chi connectivity index (χ0v) is 12.4. The molecule has 0 saturated heterocycles. The first-order valence-electron chi connectivity index (χ1n) is 5.97. The summed E-state index contributed by atoms with van der Waals surface area (Å²) in [6.07, 6.45) is 2.92.